The van der Waals surface area contributed by atoms with Crippen LogP contribution in [-0.4, -0.2) is 14.3 Å². The highest BCUT2D eigenvalue weighted by Gasteiger charge is 2.11. The highest BCUT2D eigenvalue weighted by atomic mass is 16.1. The Bertz CT molecular complexity index is 640. The SMILES string of the molecule is CCn1cc(NCc2cn(C)nc2C(C)C)ccc1=O. The smallest absolute Gasteiger partial charge is 0.250 e. The van der Waals surface area contributed by atoms with Crippen molar-refractivity contribution in [3.05, 3.63) is 46.1 Å². The maximum atomic E-state index is 11.5. The van der Waals surface area contributed by atoms with Crippen LogP contribution < -0.4 is 10.9 Å². The van der Waals surface area contributed by atoms with E-state index < -0.39 is 0 Å². The molecule has 20 heavy (non-hydrogen) atoms. The average molecular weight is 274 g/mol. The van der Waals surface area contributed by atoms with Crippen LogP contribution in [0.3, 0.4) is 0 Å². The number of nitrogens with one attached hydrogen (secondary N) is 1. The minimum atomic E-state index is 0.0299. The van der Waals surface area contributed by atoms with Crippen molar-refractivity contribution in [1.29, 1.82) is 0 Å². The van der Waals surface area contributed by atoms with Gasteiger partial charge in [0.15, 0.2) is 0 Å². The highest BCUT2D eigenvalue weighted by Crippen LogP contribution is 2.18. The lowest BCUT2D eigenvalue weighted by atomic mass is 10.1. The summed E-state index contributed by atoms with van der Waals surface area (Å²) in [6, 6.07) is 3.42. The lowest BCUT2D eigenvalue weighted by Crippen LogP contribution is -2.17. The van der Waals surface area contributed by atoms with Gasteiger partial charge in [-0.05, 0) is 18.9 Å². The Morgan fingerprint density at radius 2 is 2.05 bits per heavy atom. The number of anilines is 1. The van der Waals surface area contributed by atoms with Crippen molar-refractivity contribution in [1.82, 2.24) is 14.3 Å². The molecule has 0 aromatic carbocycles. The van der Waals surface area contributed by atoms with Gasteiger partial charge >= 0.3 is 0 Å². The molecule has 0 amide bonds. The Labute approximate surface area is 119 Å². The van der Waals surface area contributed by atoms with Gasteiger partial charge in [0.25, 0.3) is 5.56 Å². The summed E-state index contributed by atoms with van der Waals surface area (Å²) >= 11 is 0. The Morgan fingerprint density at radius 3 is 2.70 bits per heavy atom. The molecule has 1 N–H and O–H groups in total. The van der Waals surface area contributed by atoms with Crippen molar-refractivity contribution in [2.75, 3.05) is 5.32 Å². The van der Waals surface area contributed by atoms with E-state index in [1.54, 1.807) is 10.6 Å². The Hall–Kier alpha value is -2.04. The molecule has 0 unspecified atom stereocenters. The molecule has 108 valence electrons. The molecule has 2 rings (SSSR count). The second-order valence-corrected chi connectivity index (χ2v) is 5.26. The highest BCUT2D eigenvalue weighted by molar-refractivity contribution is 5.41. The van der Waals surface area contributed by atoms with E-state index >= 15 is 0 Å². The summed E-state index contributed by atoms with van der Waals surface area (Å²) in [4.78, 5) is 11.5. The predicted molar refractivity (Wildman–Crippen MR) is 81.0 cm³/mol. The lowest BCUT2D eigenvalue weighted by molar-refractivity contribution is 0.711. The van der Waals surface area contributed by atoms with Gasteiger partial charge < -0.3 is 9.88 Å². The summed E-state index contributed by atoms with van der Waals surface area (Å²) in [6.45, 7) is 7.64. The number of rotatable bonds is 5. The fourth-order valence-corrected chi connectivity index (χ4v) is 2.26. The molecule has 5 nitrogen and oxygen atoms in total. The van der Waals surface area contributed by atoms with Gasteiger partial charge in [0.2, 0.25) is 0 Å². The third-order valence-electron chi connectivity index (χ3n) is 3.29. The van der Waals surface area contributed by atoms with Crippen LogP contribution in [0, 0.1) is 0 Å². The predicted octanol–water partition coefficient (Wildman–Crippen LogP) is 2.34. The van der Waals surface area contributed by atoms with Crippen LogP contribution in [0.4, 0.5) is 5.69 Å². The van der Waals surface area contributed by atoms with Crippen molar-refractivity contribution in [2.24, 2.45) is 7.05 Å². The van der Waals surface area contributed by atoms with Gasteiger partial charge in [-0.25, -0.2) is 0 Å². The number of aromatic nitrogens is 3. The Balaban J connectivity index is 2.14. The number of hydrogen-bond donors (Lipinski definition) is 1. The normalized spacial score (nSPS) is 11.1. The number of hydrogen-bond acceptors (Lipinski definition) is 3. The van der Waals surface area contributed by atoms with Crippen LogP contribution in [0.1, 0.15) is 37.9 Å². The first-order chi connectivity index (χ1) is 9.51. The molecule has 0 bridgehead atoms. The first-order valence-electron chi connectivity index (χ1n) is 6.98. The molecule has 2 aromatic rings. The zero-order chi connectivity index (χ0) is 14.7. The number of nitrogens with zero attached hydrogens (tertiary/aromatic N) is 3. The second kappa shape index (κ2) is 5.94. The summed E-state index contributed by atoms with van der Waals surface area (Å²) in [5.41, 5.74) is 3.29. The van der Waals surface area contributed by atoms with Crippen LogP contribution in [0.2, 0.25) is 0 Å². The van der Waals surface area contributed by atoms with E-state index in [-0.39, 0.29) is 5.56 Å². The van der Waals surface area contributed by atoms with Gasteiger partial charge in [-0.1, -0.05) is 13.8 Å². The van der Waals surface area contributed by atoms with Gasteiger partial charge in [0.05, 0.1) is 11.4 Å². The summed E-state index contributed by atoms with van der Waals surface area (Å²) in [6.07, 6.45) is 3.89. The average Bonchev–Trinajstić information content (AvgIpc) is 2.79. The van der Waals surface area contributed by atoms with Crippen LogP contribution in [0.15, 0.2) is 29.3 Å². The van der Waals surface area contributed by atoms with Gasteiger partial charge in [-0.2, -0.15) is 5.10 Å². The first kappa shape index (κ1) is 14.4. The summed E-state index contributed by atoms with van der Waals surface area (Å²) < 4.78 is 3.54. The van der Waals surface area contributed by atoms with E-state index in [1.807, 2.05) is 37.1 Å². The summed E-state index contributed by atoms with van der Waals surface area (Å²) in [5.74, 6) is 0.401. The minimum absolute atomic E-state index is 0.0299. The van der Waals surface area contributed by atoms with Crippen molar-refractivity contribution in [2.45, 2.75) is 39.8 Å². The van der Waals surface area contributed by atoms with E-state index in [9.17, 15) is 4.79 Å². The van der Waals surface area contributed by atoms with Crippen LogP contribution in [0.5, 0.6) is 0 Å². The zero-order valence-corrected chi connectivity index (χ0v) is 12.6. The molecule has 5 heteroatoms. The third kappa shape index (κ3) is 3.10. The summed E-state index contributed by atoms with van der Waals surface area (Å²) in [7, 11) is 1.94. The molecule has 0 spiro atoms. The quantitative estimate of drug-likeness (QED) is 0.910. The minimum Gasteiger partial charge on any atom is -0.380 e. The molecule has 2 aromatic heterocycles. The molecule has 0 fully saturated rings. The van der Waals surface area contributed by atoms with Gasteiger partial charge in [-0.15, -0.1) is 0 Å². The number of pyridine rings is 1. The fraction of sp³-hybridized carbons (Fsp3) is 0.467. The van der Waals surface area contributed by atoms with Gasteiger partial charge in [0.1, 0.15) is 0 Å². The Kier molecular flexibility index (Phi) is 4.27. The molecule has 0 saturated heterocycles. The molecular formula is C15H22N4O. The maximum Gasteiger partial charge on any atom is 0.250 e. The second-order valence-electron chi connectivity index (χ2n) is 5.26. The molecule has 0 radical (unpaired) electrons. The Morgan fingerprint density at radius 1 is 1.30 bits per heavy atom. The van der Waals surface area contributed by atoms with Crippen LogP contribution >= 0.6 is 0 Å². The molecule has 0 aliphatic carbocycles. The van der Waals surface area contributed by atoms with E-state index in [4.69, 9.17) is 0 Å². The monoisotopic (exact) mass is 274 g/mol. The lowest BCUT2D eigenvalue weighted by Gasteiger charge is -2.10. The van der Waals surface area contributed by atoms with E-state index in [0.29, 0.717) is 19.0 Å². The maximum absolute atomic E-state index is 11.5. The standard InChI is InChI=1S/C15H22N4O/c1-5-19-10-13(6-7-14(19)20)16-8-12-9-18(4)17-15(12)11(2)3/h6-7,9-11,16H,5,8H2,1-4H3. The largest absolute Gasteiger partial charge is 0.380 e. The fourth-order valence-electron chi connectivity index (χ4n) is 2.26. The van der Waals surface area contributed by atoms with Gasteiger partial charge in [-0.3, -0.25) is 9.48 Å². The van der Waals surface area contributed by atoms with E-state index in [1.165, 1.54) is 5.56 Å². The van der Waals surface area contributed by atoms with Crippen molar-refractivity contribution >= 4 is 5.69 Å². The van der Waals surface area contributed by atoms with Crippen molar-refractivity contribution < 1.29 is 0 Å². The summed E-state index contributed by atoms with van der Waals surface area (Å²) in [5, 5.41) is 7.85. The van der Waals surface area contributed by atoms with Crippen LogP contribution in [0.25, 0.3) is 0 Å². The van der Waals surface area contributed by atoms with Gasteiger partial charge in [0, 0.05) is 44.2 Å². The first-order valence-corrected chi connectivity index (χ1v) is 6.98. The third-order valence-corrected chi connectivity index (χ3v) is 3.29. The zero-order valence-electron chi connectivity index (χ0n) is 12.6. The molecule has 0 aliphatic rings. The topological polar surface area (TPSA) is 51.9 Å². The van der Waals surface area contributed by atoms with E-state index in [2.05, 4.69) is 24.3 Å². The van der Waals surface area contributed by atoms with E-state index in [0.717, 1.165) is 11.4 Å². The molecule has 2 heterocycles. The molecule has 0 atom stereocenters. The molecule has 0 aliphatic heterocycles. The molecule has 0 saturated carbocycles. The van der Waals surface area contributed by atoms with Crippen molar-refractivity contribution in [3.8, 4) is 0 Å². The van der Waals surface area contributed by atoms with Crippen LogP contribution in [-0.2, 0) is 20.1 Å². The molecular weight excluding hydrogens is 252 g/mol. The number of aryl methyl sites for hydroxylation is 2. The van der Waals surface area contributed by atoms with Crippen molar-refractivity contribution in [3.63, 3.8) is 0 Å².